The summed E-state index contributed by atoms with van der Waals surface area (Å²) < 4.78 is 2.61. The third-order valence-electron chi connectivity index (χ3n) is 3.90. The molecular weight excluding hydrogens is 386 g/mol. The number of nitrogens with one attached hydrogen (secondary N) is 1. The van der Waals surface area contributed by atoms with Crippen molar-refractivity contribution >= 4 is 39.4 Å². The molecule has 0 unspecified atom stereocenters. The van der Waals surface area contributed by atoms with Crippen LogP contribution in [-0.4, -0.2) is 15.7 Å². The lowest BCUT2D eigenvalue weighted by Gasteiger charge is -2.11. The van der Waals surface area contributed by atoms with Gasteiger partial charge in [0.05, 0.1) is 16.9 Å². The van der Waals surface area contributed by atoms with Crippen molar-refractivity contribution in [3.05, 3.63) is 75.9 Å². The second-order valence-electron chi connectivity index (χ2n) is 5.45. The van der Waals surface area contributed by atoms with Gasteiger partial charge >= 0.3 is 0 Å². The summed E-state index contributed by atoms with van der Waals surface area (Å²) in [6.07, 6.45) is 0. The Hall–Kier alpha value is -2.05. The first-order valence-corrected chi connectivity index (χ1v) is 9.48. The summed E-state index contributed by atoms with van der Waals surface area (Å²) in [5.74, 6) is 2.38. The van der Waals surface area contributed by atoms with Gasteiger partial charge in [-0.1, -0.05) is 30.3 Å². The summed E-state index contributed by atoms with van der Waals surface area (Å²) in [5.41, 5.74) is 3.72. The number of carbonyl (C=O) groups is 1. The number of benzene rings is 2. The normalized spacial score (nSPS) is 12.9. The van der Waals surface area contributed by atoms with Gasteiger partial charge in [0.2, 0.25) is 0 Å². The molecule has 0 saturated heterocycles. The predicted molar refractivity (Wildman–Crippen MR) is 101 cm³/mol. The van der Waals surface area contributed by atoms with E-state index in [9.17, 15) is 4.79 Å². The van der Waals surface area contributed by atoms with Crippen LogP contribution in [0.3, 0.4) is 0 Å². The molecule has 1 amide bonds. The average Bonchev–Trinajstić information content (AvgIpc) is 3.19. The number of halogens is 1. The fourth-order valence-electron chi connectivity index (χ4n) is 2.72. The Labute approximate surface area is 152 Å². The molecular formula is C18H14BrN3OS. The number of amides is 1. The van der Waals surface area contributed by atoms with Crippen LogP contribution in [0.5, 0.6) is 0 Å². The molecule has 0 radical (unpaired) electrons. The van der Waals surface area contributed by atoms with Crippen LogP contribution in [0.25, 0.3) is 5.69 Å². The van der Waals surface area contributed by atoms with Gasteiger partial charge in [-0.15, -0.1) is 0 Å². The van der Waals surface area contributed by atoms with Crippen molar-refractivity contribution in [1.82, 2.24) is 9.78 Å². The Bertz CT molecular complexity index is 908. The lowest BCUT2D eigenvalue weighted by molar-refractivity contribution is 0.102. The maximum atomic E-state index is 12.7. The van der Waals surface area contributed by atoms with Gasteiger partial charge in [0.25, 0.3) is 5.91 Å². The van der Waals surface area contributed by atoms with E-state index >= 15 is 0 Å². The molecule has 0 spiro atoms. The van der Waals surface area contributed by atoms with Crippen LogP contribution in [0.15, 0.2) is 59.1 Å². The van der Waals surface area contributed by atoms with Gasteiger partial charge in [0.15, 0.2) is 0 Å². The second kappa shape index (κ2) is 6.45. The van der Waals surface area contributed by atoms with E-state index in [1.165, 1.54) is 0 Å². The van der Waals surface area contributed by atoms with Crippen molar-refractivity contribution in [2.45, 2.75) is 11.5 Å². The topological polar surface area (TPSA) is 46.9 Å². The lowest BCUT2D eigenvalue weighted by Crippen LogP contribution is -2.16. The zero-order valence-electron chi connectivity index (χ0n) is 12.7. The number of hydrogen-bond acceptors (Lipinski definition) is 3. The molecule has 0 bridgehead atoms. The highest BCUT2D eigenvalue weighted by Crippen LogP contribution is 2.36. The Morgan fingerprint density at radius 2 is 1.83 bits per heavy atom. The molecule has 2 aromatic carbocycles. The molecule has 1 aliphatic rings. The molecule has 0 fully saturated rings. The maximum absolute atomic E-state index is 12.7. The second-order valence-corrected chi connectivity index (χ2v) is 7.29. The number of nitrogens with zero attached hydrogens (tertiary/aromatic N) is 2. The van der Waals surface area contributed by atoms with Crippen LogP contribution in [0.2, 0.25) is 0 Å². The van der Waals surface area contributed by atoms with Crippen LogP contribution in [0.4, 0.5) is 5.82 Å². The van der Waals surface area contributed by atoms with E-state index in [2.05, 4.69) is 21.2 Å². The van der Waals surface area contributed by atoms with E-state index in [1.807, 2.05) is 65.0 Å². The molecule has 24 heavy (non-hydrogen) atoms. The molecule has 0 aliphatic carbocycles. The standard InChI is InChI=1S/C18H14BrN3OS/c19-15-9-5-4-8-13(15)18(23)20-17-14-10-24-11-16(14)21-22(17)12-6-2-1-3-7-12/h1-9H,10-11H2,(H,20,23). The van der Waals surface area contributed by atoms with Crippen molar-refractivity contribution in [2.75, 3.05) is 5.32 Å². The van der Waals surface area contributed by atoms with Crippen molar-refractivity contribution in [3.63, 3.8) is 0 Å². The van der Waals surface area contributed by atoms with E-state index in [0.29, 0.717) is 5.56 Å². The van der Waals surface area contributed by atoms with E-state index in [1.54, 1.807) is 6.07 Å². The SMILES string of the molecule is O=C(Nc1c2c(nn1-c1ccccc1)CSC2)c1ccccc1Br. The number of para-hydroxylation sites is 1. The van der Waals surface area contributed by atoms with Crippen LogP contribution in [0, 0.1) is 0 Å². The first kappa shape index (κ1) is 15.5. The Kier molecular flexibility index (Phi) is 4.16. The van der Waals surface area contributed by atoms with Crippen molar-refractivity contribution in [2.24, 2.45) is 0 Å². The number of fused-ring (bicyclic) bond motifs is 1. The zero-order valence-corrected chi connectivity index (χ0v) is 15.1. The first-order valence-electron chi connectivity index (χ1n) is 7.54. The van der Waals surface area contributed by atoms with E-state index < -0.39 is 0 Å². The third-order valence-corrected chi connectivity index (χ3v) is 5.56. The number of rotatable bonds is 3. The molecule has 0 saturated carbocycles. The fourth-order valence-corrected chi connectivity index (χ4v) is 4.22. The van der Waals surface area contributed by atoms with E-state index in [4.69, 9.17) is 5.10 Å². The van der Waals surface area contributed by atoms with Crippen molar-refractivity contribution < 1.29 is 4.79 Å². The molecule has 1 aromatic heterocycles. The van der Waals surface area contributed by atoms with Crippen LogP contribution in [-0.2, 0) is 11.5 Å². The summed E-state index contributed by atoms with van der Waals surface area (Å²) >= 11 is 5.26. The molecule has 0 atom stereocenters. The Balaban J connectivity index is 1.75. The minimum atomic E-state index is -0.140. The van der Waals surface area contributed by atoms with Gasteiger partial charge < -0.3 is 5.32 Å². The molecule has 1 aliphatic heterocycles. The number of thioether (sulfide) groups is 1. The maximum Gasteiger partial charge on any atom is 0.257 e. The quantitative estimate of drug-likeness (QED) is 0.697. The van der Waals surface area contributed by atoms with Gasteiger partial charge in [0.1, 0.15) is 5.82 Å². The van der Waals surface area contributed by atoms with Gasteiger partial charge in [-0.2, -0.15) is 16.9 Å². The van der Waals surface area contributed by atoms with Gasteiger partial charge in [-0.3, -0.25) is 4.79 Å². The molecule has 120 valence electrons. The predicted octanol–water partition coefficient (Wildman–Crippen LogP) is 4.63. The highest BCUT2D eigenvalue weighted by atomic mass is 79.9. The number of carbonyl (C=O) groups excluding carboxylic acids is 1. The molecule has 2 heterocycles. The highest BCUT2D eigenvalue weighted by Gasteiger charge is 2.25. The summed E-state index contributed by atoms with van der Waals surface area (Å²) in [4.78, 5) is 12.7. The van der Waals surface area contributed by atoms with Crippen molar-refractivity contribution in [1.29, 1.82) is 0 Å². The average molecular weight is 400 g/mol. The van der Waals surface area contributed by atoms with E-state index in [0.717, 1.165) is 38.7 Å². The van der Waals surface area contributed by atoms with Gasteiger partial charge in [-0.25, -0.2) is 4.68 Å². The fraction of sp³-hybridized carbons (Fsp3) is 0.111. The van der Waals surface area contributed by atoms with Crippen LogP contribution >= 0.6 is 27.7 Å². The molecule has 1 N–H and O–H groups in total. The molecule has 3 aromatic rings. The largest absolute Gasteiger partial charge is 0.306 e. The van der Waals surface area contributed by atoms with Crippen LogP contribution < -0.4 is 5.32 Å². The lowest BCUT2D eigenvalue weighted by atomic mass is 10.2. The first-order chi connectivity index (χ1) is 11.7. The van der Waals surface area contributed by atoms with E-state index in [-0.39, 0.29) is 5.91 Å². The summed E-state index contributed by atoms with van der Waals surface area (Å²) in [7, 11) is 0. The zero-order chi connectivity index (χ0) is 16.5. The van der Waals surface area contributed by atoms with Gasteiger partial charge in [0, 0.05) is 21.5 Å². The monoisotopic (exact) mass is 399 g/mol. The number of aromatic nitrogens is 2. The molecule has 4 nitrogen and oxygen atoms in total. The Morgan fingerprint density at radius 1 is 1.08 bits per heavy atom. The van der Waals surface area contributed by atoms with Gasteiger partial charge in [-0.05, 0) is 40.2 Å². The minimum Gasteiger partial charge on any atom is -0.306 e. The molecule has 4 rings (SSSR count). The summed E-state index contributed by atoms with van der Waals surface area (Å²) in [6, 6.07) is 17.3. The third kappa shape index (κ3) is 2.76. The summed E-state index contributed by atoms with van der Waals surface area (Å²) in [5, 5.41) is 7.76. The van der Waals surface area contributed by atoms with Crippen LogP contribution in [0.1, 0.15) is 21.6 Å². The van der Waals surface area contributed by atoms with Crippen molar-refractivity contribution in [3.8, 4) is 5.69 Å². The Morgan fingerprint density at radius 3 is 2.62 bits per heavy atom. The minimum absolute atomic E-state index is 0.140. The highest BCUT2D eigenvalue weighted by molar-refractivity contribution is 9.10. The smallest absolute Gasteiger partial charge is 0.257 e. The number of anilines is 1. The molecule has 6 heteroatoms. The number of hydrogen-bond donors (Lipinski definition) is 1. The summed E-state index contributed by atoms with van der Waals surface area (Å²) in [6.45, 7) is 0.